The number of ether oxygens (including phenoxy) is 3. The smallest absolute Gasteiger partial charge is 0.331 e. The van der Waals surface area contributed by atoms with Gasteiger partial charge in [-0.1, -0.05) is 12.1 Å². The van der Waals surface area contributed by atoms with Crippen LogP contribution in [-0.2, 0) is 0 Å². The zero-order valence-electron chi connectivity index (χ0n) is 15.5. The van der Waals surface area contributed by atoms with Crippen molar-refractivity contribution in [1.82, 2.24) is 4.98 Å². The van der Waals surface area contributed by atoms with Crippen molar-refractivity contribution in [2.24, 2.45) is 0 Å². The molecule has 2 atom stereocenters. The zero-order chi connectivity index (χ0) is 20.4. The first-order chi connectivity index (χ1) is 14.0. The number of nitro groups is 1. The first-order valence-corrected chi connectivity index (χ1v) is 8.95. The normalized spacial score (nSPS) is 17.7. The van der Waals surface area contributed by atoms with Crippen LogP contribution in [0.15, 0.2) is 60.8 Å². The lowest BCUT2D eigenvalue weighted by atomic mass is 9.95. The van der Waals surface area contributed by atoms with Gasteiger partial charge in [0.1, 0.15) is 23.4 Å². The highest BCUT2D eigenvalue weighted by Gasteiger charge is 2.29. The van der Waals surface area contributed by atoms with Gasteiger partial charge in [0, 0.05) is 24.2 Å². The molecule has 1 aliphatic rings. The molecule has 0 aliphatic carbocycles. The third-order valence-electron chi connectivity index (χ3n) is 4.70. The molecule has 4 rings (SSSR count). The molecule has 1 aromatic heterocycles. The summed E-state index contributed by atoms with van der Waals surface area (Å²) >= 11 is 0. The molecule has 1 unspecified atom stereocenters. The van der Waals surface area contributed by atoms with Crippen molar-refractivity contribution >= 4 is 5.69 Å². The molecule has 0 amide bonds. The van der Waals surface area contributed by atoms with Crippen LogP contribution in [0.5, 0.6) is 23.1 Å². The Morgan fingerprint density at radius 1 is 1.17 bits per heavy atom. The number of hydrogen-bond acceptors (Lipinski definition) is 7. The summed E-state index contributed by atoms with van der Waals surface area (Å²) < 4.78 is 16.8. The number of nitrogens with zero attached hydrogens (tertiary/aromatic N) is 2. The van der Waals surface area contributed by atoms with Gasteiger partial charge in [-0.15, -0.1) is 0 Å². The van der Waals surface area contributed by atoms with E-state index in [1.807, 2.05) is 24.3 Å². The molecule has 29 heavy (non-hydrogen) atoms. The summed E-state index contributed by atoms with van der Waals surface area (Å²) in [6.45, 7) is 0. The Morgan fingerprint density at radius 3 is 2.66 bits per heavy atom. The quantitative estimate of drug-likeness (QED) is 0.507. The summed E-state index contributed by atoms with van der Waals surface area (Å²) in [6, 6.07) is 15.2. The van der Waals surface area contributed by atoms with Gasteiger partial charge in [0.25, 0.3) is 5.88 Å². The molecule has 0 saturated heterocycles. The van der Waals surface area contributed by atoms with Gasteiger partial charge in [0.2, 0.25) is 0 Å². The fraction of sp³-hybridized carbons (Fsp3) is 0.190. The number of rotatable bonds is 5. The summed E-state index contributed by atoms with van der Waals surface area (Å²) in [7, 11) is 1.60. The Balaban J connectivity index is 1.57. The lowest BCUT2D eigenvalue weighted by Crippen LogP contribution is -2.19. The Bertz CT molecular complexity index is 1040. The van der Waals surface area contributed by atoms with E-state index < -0.39 is 11.0 Å². The number of aromatic nitrogens is 1. The minimum absolute atomic E-state index is 0.111. The van der Waals surface area contributed by atoms with Gasteiger partial charge < -0.3 is 19.3 Å². The highest BCUT2D eigenvalue weighted by molar-refractivity contribution is 5.47. The molecule has 2 heterocycles. The van der Waals surface area contributed by atoms with Gasteiger partial charge >= 0.3 is 5.69 Å². The van der Waals surface area contributed by atoms with E-state index in [-0.39, 0.29) is 17.7 Å². The van der Waals surface area contributed by atoms with Crippen molar-refractivity contribution in [3.8, 4) is 23.1 Å². The van der Waals surface area contributed by atoms with Gasteiger partial charge in [-0.05, 0) is 42.0 Å². The van der Waals surface area contributed by atoms with E-state index >= 15 is 0 Å². The molecular weight excluding hydrogens is 376 g/mol. The standard InChI is InChI=1S/C21H18N2O6/c1-27-14-6-4-13(5-7-14)20-12-18(24)16-11-15(8-9-19(16)29-20)28-21-17(23(25)26)3-2-10-22-21/h2-11,18,20,24H,12H2,1H3/t18?,20-/m0/s1. The first kappa shape index (κ1) is 18.7. The highest BCUT2D eigenvalue weighted by atomic mass is 16.6. The molecule has 3 aromatic rings. The van der Waals surface area contributed by atoms with Crippen molar-refractivity contribution in [3.05, 3.63) is 82.0 Å². The van der Waals surface area contributed by atoms with Crippen molar-refractivity contribution in [3.63, 3.8) is 0 Å². The summed E-state index contributed by atoms with van der Waals surface area (Å²) in [4.78, 5) is 14.5. The van der Waals surface area contributed by atoms with Gasteiger partial charge in [0.15, 0.2) is 0 Å². The minimum Gasteiger partial charge on any atom is -0.497 e. The lowest BCUT2D eigenvalue weighted by molar-refractivity contribution is -0.386. The van der Waals surface area contributed by atoms with Crippen LogP contribution in [0.1, 0.15) is 29.8 Å². The molecule has 0 bridgehead atoms. The number of methoxy groups -OCH3 is 1. The number of aliphatic hydroxyl groups excluding tert-OH is 1. The van der Waals surface area contributed by atoms with E-state index in [1.165, 1.54) is 18.3 Å². The third-order valence-corrected chi connectivity index (χ3v) is 4.70. The van der Waals surface area contributed by atoms with Gasteiger partial charge in [-0.25, -0.2) is 4.98 Å². The molecule has 0 fully saturated rings. The minimum atomic E-state index is -0.770. The van der Waals surface area contributed by atoms with Crippen LogP contribution in [-0.4, -0.2) is 22.1 Å². The van der Waals surface area contributed by atoms with E-state index in [1.54, 1.807) is 25.3 Å². The van der Waals surface area contributed by atoms with Crippen LogP contribution in [0.2, 0.25) is 0 Å². The molecule has 1 aliphatic heterocycles. The topological polar surface area (TPSA) is 104 Å². The maximum atomic E-state index is 11.1. The molecular formula is C21H18N2O6. The van der Waals surface area contributed by atoms with Crippen molar-refractivity contribution in [2.75, 3.05) is 7.11 Å². The number of benzene rings is 2. The monoisotopic (exact) mass is 394 g/mol. The van der Waals surface area contributed by atoms with Gasteiger partial charge in [0.05, 0.1) is 18.1 Å². The summed E-state index contributed by atoms with van der Waals surface area (Å²) in [5, 5.41) is 21.8. The lowest BCUT2D eigenvalue weighted by Gasteiger charge is -2.30. The van der Waals surface area contributed by atoms with E-state index in [0.717, 1.165) is 11.3 Å². The summed E-state index contributed by atoms with van der Waals surface area (Å²) in [5.41, 5.74) is 1.26. The maximum Gasteiger partial charge on any atom is 0.331 e. The predicted molar refractivity (Wildman–Crippen MR) is 103 cm³/mol. The second-order valence-electron chi connectivity index (χ2n) is 6.52. The number of hydrogen-bond donors (Lipinski definition) is 1. The first-order valence-electron chi connectivity index (χ1n) is 8.95. The molecule has 2 aromatic carbocycles. The Hall–Kier alpha value is -3.65. The van der Waals surface area contributed by atoms with E-state index in [2.05, 4.69) is 4.98 Å². The zero-order valence-corrected chi connectivity index (χ0v) is 15.5. The fourth-order valence-corrected chi connectivity index (χ4v) is 3.22. The SMILES string of the molecule is COc1ccc([C@@H]2CC(O)c3cc(Oc4ncccc4[N+](=O)[O-])ccc3O2)cc1. The Morgan fingerprint density at radius 2 is 1.93 bits per heavy atom. The van der Waals surface area contributed by atoms with Crippen LogP contribution in [0.3, 0.4) is 0 Å². The predicted octanol–water partition coefficient (Wildman–Crippen LogP) is 4.35. The van der Waals surface area contributed by atoms with Crippen LogP contribution >= 0.6 is 0 Å². The summed E-state index contributed by atoms with van der Waals surface area (Å²) in [6.07, 6.45) is 0.713. The second kappa shape index (κ2) is 7.76. The van der Waals surface area contributed by atoms with Crippen LogP contribution in [0, 0.1) is 10.1 Å². The van der Waals surface area contributed by atoms with Crippen LogP contribution < -0.4 is 14.2 Å². The van der Waals surface area contributed by atoms with Crippen molar-refractivity contribution < 1.29 is 24.2 Å². The molecule has 0 saturated carbocycles. The van der Waals surface area contributed by atoms with E-state index in [9.17, 15) is 15.2 Å². The number of pyridine rings is 1. The Kier molecular flexibility index (Phi) is 5.01. The maximum absolute atomic E-state index is 11.1. The second-order valence-corrected chi connectivity index (χ2v) is 6.52. The van der Waals surface area contributed by atoms with E-state index in [0.29, 0.717) is 23.5 Å². The van der Waals surface area contributed by atoms with Gasteiger partial charge in [-0.3, -0.25) is 10.1 Å². The van der Waals surface area contributed by atoms with Crippen molar-refractivity contribution in [2.45, 2.75) is 18.6 Å². The van der Waals surface area contributed by atoms with Crippen LogP contribution in [0.25, 0.3) is 0 Å². The molecule has 0 radical (unpaired) electrons. The fourth-order valence-electron chi connectivity index (χ4n) is 3.22. The molecule has 148 valence electrons. The van der Waals surface area contributed by atoms with Crippen molar-refractivity contribution in [1.29, 1.82) is 0 Å². The largest absolute Gasteiger partial charge is 0.497 e. The number of fused-ring (bicyclic) bond motifs is 1. The van der Waals surface area contributed by atoms with Crippen LogP contribution in [0.4, 0.5) is 5.69 Å². The van der Waals surface area contributed by atoms with Gasteiger partial charge in [-0.2, -0.15) is 0 Å². The average molecular weight is 394 g/mol. The highest BCUT2D eigenvalue weighted by Crippen LogP contribution is 2.43. The number of aliphatic hydroxyl groups is 1. The molecule has 8 nitrogen and oxygen atoms in total. The Labute approximate surface area is 166 Å². The van der Waals surface area contributed by atoms with E-state index in [4.69, 9.17) is 14.2 Å². The molecule has 8 heteroatoms. The molecule has 0 spiro atoms. The average Bonchev–Trinajstić information content (AvgIpc) is 2.74. The third kappa shape index (κ3) is 3.83. The summed E-state index contributed by atoms with van der Waals surface area (Å²) in [5.74, 6) is 1.50. The molecule has 1 N–H and O–H groups in total.